The number of thiazole rings is 1. The molecule has 0 bridgehead atoms. The summed E-state index contributed by atoms with van der Waals surface area (Å²) < 4.78 is 0. The normalized spacial score (nSPS) is 10.2. The van der Waals surface area contributed by atoms with Gasteiger partial charge in [-0.3, -0.25) is 0 Å². The number of nitrogens with one attached hydrogen (secondary N) is 2. The topological polar surface area (TPSA) is 91.3 Å². The van der Waals surface area contributed by atoms with Crippen molar-refractivity contribution in [3.05, 3.63) is 44.9 Å². The van der Waals surface area contributed by atoms with Gasteiger partial charge in [-0.25, -0.2) is 14.6 Å². The molecule has 0 unspecified atom stereocenters. The van der Waals surface area contributed by atoms with Gasteiger partial charge < -0.3 is 15.7 Å². The highest BCUT2D eigenvalue weighted by Gasteiger charge is 2.09. The third-order valence-corrected chi connectivity index (χ3v) is 3.60. The van der Waals surface area contributed by atoms with E-state index in [1.54, 1.807) is 6.20 Å². The molecule has 21 heavy (non-hydrogen) atoms. The van der Waals surface area contributed by atoms with Crippen LogP contribution in [0.15, 0.2) is 24.4 Å². The number of carboxylic acid groups (broad SMARTS) is 1. The highest BCUT2D eigenvalue weighted by molar-refractivity contribution is 7.11. The summed E-state index contributed by atoms with van der Waals surface area (Å²) in [6.07, 6.45) is 1.73. The average Bonchev–Trinajstić information content (AvgIpc) is 2.81. The van der Waals surface area contributed by atoms with Crippen LogP contribution >= 0.6 is 22.9 Å². The number of anilines is 1. The molecule has 2 amide bonds. The number of aromatic nitrogens is 1. The van der Waals surface area contributed by atoms with Crippen LogP contribution in [0.1, 0.15) is 20.2 Å². The molecule has 0 spiro atoms. The van der Waals surface area contributed by atoms with Crippen molar-refractivity contribution in [1.82, 2.24) is 10.3 Å². The van der Waals surface area contributed by atoms with Crippen LogP contribution in [-0.2, 0) is 6.54 Å². The Kier molecular flexibility index (Phi) is 4.77. The fraction of sp³-hybridized carbons (Fsp3) is 0.154. The quantitative estimate of drug-likeness (QED) is 0.805. The van der Waals surface area contributed by atoms with Gasteiger partial charge in [-0.1, -0.05) is 11.6 Å². The molecule has 0 fully saturated rings. The third-order valence-electron chi connectivity index (χ3n) is 2.47. The van der Waals surface area contributed by atoms with Crippen LogP contribution < -0.4 is 10.6 Å². The summed E-state index contributed by atoms with van der Waals surface area (Å²) >= 11 is 7.30. The van der Waals surface area contributed by atoms with Crippen molar-refractivity contribution in [1.29, 1.82) is 0 Å². The van der Waals surface area contributed by atoms with E-state index in [2.05, 4.69) is 15.6 Å². The van der Waals surface area contributed by atoms with Crippen LogP contribution in [-0.4, -0.2) is 22.1 Å². The number of carbonyl (C=O) groups excluding carboxylic acids is 1. The molecule has 0 aliphatic rings. The molecule has 0 atom stereocenters. The Hall–Kier alpha value is -2.12. The van der Waals surface area contributed by atoms with Crippen LogP contribution in [0.25, 0.3) is 0 Å². The van der Waals surface area contributed by atoms with Crippen molar-refractivity contribution in [3.8, 4) is 0 Å². The second-order valence-electron chi connectivity index (χ2n) is 4.21. The predicted octanol–water partition coefficient (Wildman–Crippen LogP) is 3.12. The summed E-state index contributed by atoms with van der Waals surface area (Å²) in [4.78, 5) is 27.8. The molecule has 0 aliphatic carbocycles. The van der Waals surface area contributed by atoms with Gasteiger partial charge in [0.25, 0.3) is 0 Å². The van der Waals surface area contributed by atoms with E-state index in [-0.39, 0.29) is 10.6 Å². The van der Waals surface area contributed by atoms with Crippen molar-refractivity contribution in [2.75, 3.05) is 5.32 Å². The highest BCUT2D eigenvalue weighted by Crippen LogP contribution is 2.19. The Morgan fingerprint density at radius 3 is 2.76 bits per heavy atom. The number of amides is 2. The molecular weight excluding hydrogens is 314 g/mol. The lowest BCUT2D eigenvalue weighted by Gasteiger charge is -2.08. The molecule has 6 nitrogen and oxygen atoms in total. The zero-order chi connectivity index (χ0) is 15.4. The van der Waals surface area contributed by atoms with E-state index < -0.39 is 12.0 Å². The SMILES string of the molecule is Cc1cnc(CNC(=O)Nc2cc(Cl)cc(C(=O)O)c2)s1. The number of urea groups is 1. The smallest absolute Gasteiger partial charge is 0.335 e. The Morgan fingerprint density at radius 2 is 2.14 bits per heavy atom. The first kappa shape index (κ1) is 15.3. The number of hydrogen-bond donors (Lipinski definition) is 3. The number of rotatable bonds is 4. The number of aryl methyl sites for hydroxylation is 1. The van der Waals surface area contributed by atoms with Gasteiger partial charge in [0, 0.05) is 21.8 Å². The lowest BCUT2D eigenvalue weighted by atomic mass is 10.2. The van der Waals surface area contributed by atoms with E-state index in [1.165, 1.54) is 29.5 Å². The van der Waals surface area contributed by atoms with Gasteiger partial charge in [0.2, 0.25) is 0 Å². The van der Waals surface area contributed by atoms with E-state index in [0.717, 1.165) is 9.88 Å². The van der Waals surface area contributed by atoms with Crippen molar-refractivity contribution < 1.29 is 14.7 Å². The molecule has 8 heteroatoms. The molecule has 0 radical (unpaired) electrons. The summed E-state index contributed by atoms with van der Waals surface area (Å²) in [7, 11) is 0. The predicted molar refractivity (Wildman–Crippen MR) is 81.1 cm³/mol. The number of nitrogens with zero attached hydrogens (tertiary/aromatic N) is 1. The number of aromatic carboxylic acids is 1. The first-order valence-electron chi connectivity index (χ1n) is 5.94. The third kappa shape index (κ3) is 4.44. The largest absolute Gasteiger partial charge is 0.478 e. The van der Waals surface area contributed by atoms with Crippen molar-refractivity contribution in [3.63, 3.8) is 0 Å². The fourth-order valence-corrected chi connectivity index (χ4v) is 2.56. The first-order chi connectivity index (χ1) is 9.94. The molecule has 0 saturated heterocycles. The lowest BCUT2D eigenvalue weighted by molar-refractivity contribution is 0.0697. The second kappa shape index (κ2) is 6.55. The van der Waals surface area contributed by atoms with Gasteiger partial charge in [0.1, 0.15) is 5.01 Å². The zero-order valence-electron chi connectivity index (χ0n) is 11.0. The van der Waals surface area contributed by atoms with Crippen molar-refractivity contribution in [2.24, 2.45) is 0 Å². The summed E-state index contributed by atoms with van der Waals surface area (Å²) in [5, 5.41) is 15.1. The molecule has 2 aromatic rings. The molecule has 0 aliphatic heterocycles. The molecular formula is C13H12ClN3O3S. The number of benzene rings is 1. The average molecular weight is 326 g/mol. The maximum Gasteiger partial charge on any atom is 0.335 e. The van der Waals surface area contributed by atoms with Gasteiger partial charge in [-0.15, -0.1) is 11.3 Å². The van der Waals surface area contributed by atoms with Crippen LogP contribution in [0.3, 0.4) is 0 Å². The Morgan fingerprint density at radius 1 is 1.38 bits per heavy atom. The number of hydrogen-bond acceptors (Lipinski definition) is 4. The summed E-state index contributed by atoms with van der Waals surface area (Å²) in [6.45, 7) is 2.23. The Balaban J connectivity index is 1.97. The number of halogens is 1. The number of carboxylic acids is 1. The summed E-state index contributed by atoms with van der Waals surface area (Å²) in [5.74, 6) is -1.11. The minimum Gasteiger partial charge on any atom is -0.478 e. The Bertz CT molecular complexity index is 687. The molecule has 3 N–H and O–H groups in total. The van der Waals surface area contributed by atoms with Gasteiger partial charge >= 0.3 is 12.0 Å². The van der Waals surface area contributed by atoms with Crippen LogP contribution in [0.2, 0.25) is 5.02 Å². The van der Waals surface area contributed by atoms with E-state index in [1.807, 2.05) is 6.92 Å². The standard InChI is InChI=1S/C13H12ClN3O3S/c1-7-5-15-11(21-7)6-16-13(20)17-10-3-8(12(18)19)2-9(14)4-10/h2-5H,6H2,1H3,(H,18,19)(H2,16,17,20). The van der Waals surface area contributed by atoms with Gasteiger partial charge in [-0.05, 0) is 25.1 Å². The minimum atomic E-state index is -1.11. The number of carbonyl (C=O) groups is 2. The second-order valence-corrected chi connectivity index (χ2v) is 5.96. The molecule has 1 aromatic carbocycles. The molecule has 110 valence electrons. The minimum absolute atomic E-state index is 0.00773. The van der Waals surface area contributed by atoms with E-state index in [9.17, 15) is 9.59 Å². The summed E-state index contributed by atoms with van der Waals surface area (Å²) in [5.41, 5.74) is 0.320. The monoisotopic (exact) mass is 325 g/mol. The molecule has 1 heterocycles. The molecule has 0 saturated carbocycles. The maximum atomic E-state index is 11.7. The van der Waals surface area contributed by atoms with E-state index >= 15 is 0 Å². The zero-order valence-corrected chi connectivity index (χ0v) is 12.6. The van der Waals surface area contributed by atoms with Crippen molar-refractivity contribution >= 4 is 40.6 Å². The highest BCUT2D eigenvalue weighted by atomic mass is 35.5. The van der Waals surface area contributed by atoms with Crippen LogP contribution in [0, 0.1) is 6.92 Å². The van der Waals surface area contributed by atoms with Crippen LogP contribution in [0.5, 0.6) is 0 Å². The van der Waals surface area contributed by atoms with E-state index in [0.29, 0.717) is 12.2 Å². The van der Waals surface area contributed by atoms with Gasteiger partial charge in [0.05, 0.1) is 12.1 Å². The maximum absolute atomic E-state index is 11.7. The van der Waals surface area contributed by atoms with Gasteiger partial charge in [0.15, 0.2) is 0 Å². The first-order valence-corrected chi connectivity index (χ1v) is 7.13. The molecule has 1 aromatic heterocycles. The summed E-state index contributed by atoms with van der Waals surface area (Å²) in [6, 6.07) is 3.66. The van der Waals surface area contributed by atoms with Crippen molar-refractivity contribution in [2.45, 2.75) is 13.5 Å². The molecule has 2 rings (SSSR count). The lowest BCUT2D eigenvalue weighted by Crippen LogP contribution is -2.28. The Labute approximate surface area is 129 Å². The van der Waals surface area contributed by atoms with Crippen LogP contribution in [0.4, 0.5) is 10.5 Å². The fourth-order valence-electron chi connectivity index (χ4n) is 1.60. The van der Waals surface area contributed by atoms with Gasteiger partial charge in [-0.2, -0.15) is 0 Å². The van der Waals surface area contributed by atoms with E-state index in [4.69, 9.17) is 16.7 Å².